The molecule has 3 atom stereocenters. The molecule has 8 heteroatoms. The lowest BCUT2D eigenvalue weighted by atomic mass is 9.77. The highest BCUT2D eigenvalue weighted by Crippen LogP contribution is 2.50. The molecule has 3 aromatic rings. The fraction of sp³-hybridized carbons (Fsp3) is 0.370. The summed E-state index contributed by atoms with van der Waals surface area (Å²) in [6.45, 7) is 4.23. The number of aromatic nitrogens is 1. The Hall–Kier alpha value is -3.39. The number of aryl methyl sites for hydroxylation is 1. The van der Waals surface area contributed by atoms with Crippen LogP contribution < -0.4 is 9.64 Å². The number of rotatable bonds is 4. The van der Waals surface area contributed by atoms with Gasteiger partial charge in [-0.1, -0.05) is 29.9 Å². The molecular weight excluding hydrogens is 464 g/mol. The summed E-state index contributed by atoms with van der Waals surface area (Å²) in [5.41, 5.74) is 2.97. The number of fused-ring (bicyclic) bond motifs is 2. The maximum Gasteiger partial charge on any atom is 0.296 e. The lowest BCUT2D eigenvalue weighted by molar-refractivity contribution is -0.131. The van der Waals surface area contributed by atoms with Gasteiger partial charge in [0, 0.05) is 0 Å². The van der Waals surface area contributed by atoms with Crippen molar-refractivity contribution >= 4 is 38.4 Å². The number of hydrogen-bond donors (Lipinski definition) is 1. The van der Waals surface area contributed by atoms with Crippen molar-refractivity contribution in [3.8, 4) is 11.5 Å². The minimum Gasteiger partial charge on any atom is -0.504 e. The van der Waals surface area contributed by atoms with Gasteiger partial charge < -0.3 is 14.6 Å². The number of carbonyl (C=O) groups excluding carboxylic acids is 2. The van der Waals surface area contributed by atoms with Gasteiger partial charge >= 0.3 is 0 Å². The molecule has 3 unspecified atom stereocenters. The van der Waals surface area contributed by atoms with Crippen LogP contribution in [0.3, 0.4) is 0 Å². The predicted octanol–water partition coefficient (Wildman–Crippen LogP) is 5.21. The number of thiazole rings is 1. The van der Waals surface area contributed by atoms with Crippen LogP contribution in [0.4, 0.5) is 5.13 Å². The maximum atomic E-state index is 13.8. The smallest absolute Gasteiger partial charge is 0.296 e. The Balaban J connectivity index is 1.52. The number of benzene rings is 2. The molecule has 6 rings (SSSR count). The fourth-order valence-corrected chi connectivity index (χ4v) is 6.54. The normalized spacial score (nSPS) is 23.9. The number of ketones is 1. The molecule has 7 nitrogen and oxygen atoms in total. The minimum atomic E-state index is -0.700. The molecule has 180 valence electrons. The number of carbonyl (C=O) groups is 2. The summed E-state index contributed by atoms with van der Waals surface area (Å²) in [4.78, 5) is 34.0. The summed E-state index contributed by atoms with van der Waals surface area (Å²) < 4.78 is 12.8. The molecule has 0 radical (unpaired) electrons. The Morgan fingerprint density at radius 3 is 2.83 bits per heavy atom. The van der Waals surface area contributed by atoms with E-state index in [1.165, 1.54) is 11.3 Å². The van der Waals surface area contributed by atoms with Gasteiger partial charge in [0.2, 0.25) is 0 Å². The molecule has 1 aliphatic carbocycles. The van der Waals surface area contributed by atoms with E-state index in [2.05, 4.69) is 0 Å². The highest BCUT2D eigenvalue weighted by Gasteiger charge is 2.53. The second kappa shape index (κ2) is 8.37. The number of amides is 1. The molecule has 3 heterocycles. The van der Waals surface area contributed by atoms with Gasteiger partial charge in [-0.3, -0.25) is 14.5 Å². The van der Waals surface area contributed by atoms with E-state index < -0.39 is 6.04 Å². The van der Waals surface area contributed by atoms with Gasteiger partial charge in [0.05, 0.1) is 34.4 Å². The number of phenols is 1. The Labute approximate surface area is 207 Å². The molecule has 1 aromatic heterocycles. The topological polar surface area (TPSA) is 89.0 Å². The first-order valence-corrected chi connectivity index (χ1v) is 12.9. The SMILES string of the molecule is CCOc1cc(C2C3=C(OC4CCCCC4C3=O)C(=O)N2c2nc3ccc(C)cc3s2)ccc1O. The van der Waals surface area contributed by atoms with E-state index in [-0.39, 0.29) is 35.2 Å². The fourth-order valence-electron chi connectivity index (χ4n) is 5.45. The Morgan fingerprint density at radius 2 is 2.00 bits per heavy atom. The molecule has 0 saturated heterocycles. The van der Waals surface area contributed by atoms with Crippen LogP contribution >= 0.6 is 11.3 Å². The predicted molar refractivity (Wildman–Crippen MR) is 133 cm³/mol. The zero-order chi connectivity index (χ0) is 24.3. The first kappa shape index (κ1) is 22.1. The summed E-state index contributed by atoms with van der Waals surface area (Å²) in [7, 11) is 0. The molecule has 1 fully saturated rings. The average molecular weight is 491 g/mol. The third kappa shape index (κ3) is 3.50. The van der Waals surface area contributed by atoms with Gasteiger partial charge in [0.25, 0.3) is 5.91 Å². The third-order valence-corrected chi connectivity index (χ3v) is 8.12. The third-order valence-electron chi connectivity index (χ3n) is 7.10. The van der Waals surface area contributed by atoms with Gasteiger partial charge in [-0.05, 0) is 68.5 Å². The van der Waals surface area contributed by atoms with Crippen LogP contribution in [0.2, 0.25) is 0 Å². The van der Waals surface area contributed by atoms with Crippen LogP contribution in [0.1, 0.15) is 49.8 Å². The Bertz CT molecular complexity index is 1390. The lowest BCUT2D eigenvalue weighted by Crippen LogP contribution is -2.39. The summed E-state index contributed by atoms with van der Waals surface area (Å²) in [6, 6.07) is 10.3. The molecule has 2 aromatic carbocycles. The van der Waals surface area contributed by atoms with Gasteiger partial charge in [-0.25, -0.2) is 4.98 Å². The van der Waals surface area contributed by atoms with Crippen LogP contribution in [0, 0.1) is 12.8 Å². The van der Waals surface area contributed by atoms with E-state index in [4.69, 9.17) is 14.5 Å². The standard InChI is InChI=1S/C27H26N2O5S/c1-3-33-20-13-15(9-11-18(20)30)23-22-24(31)16-6-4-5-7-19(16)34-25(22)26(32)29(23)27-28-17-10-8-14(2)12-21(17)35-27/h8-13,16,19,23,30H,3-7H2,1-2H3. The van der Waals surface area contributed by atoms with Crippen molar-refractivity contribution in [2.75, 3.05) is 11.5 Å². The van der Waals surface area contributed by atoms with Crippen molar-refractivity contribution in [3.63, 3.8) is 0 Å². The molecule has 2 aliphatic heterocycles. The van der Waals surface area contributed by atoms with E-state index >= 15 is 0 Å². The van der Waals surface area contributed by atoms with E-state index in [1.54, 1.807) is 23.1 Å². The molecule has 1 N–H and O–H groups in total. The maximum absolute atomic E-state index is 13.8. The van der Waals surface area contributed by atoms with Gasteiger partial charge in [-0.2, -0.15) is 0 Å². The Morgan fingerprint density at radius 1 is 1.17 bits per heavy atom. The second-order valence-corrected chi connectivity index (χ2v) is 10.4. The van der Waals surface area contributed by atoms with Crippen molar-refractivity contribution in [1.29, 1.82) is 0 Å². The number of nitrogens with zero attached hydrogens (tertiary/aromatic N) is 2. The number of Topliss-reactive ketones (excluding diaryl/α,β-unsaturated/α-hetero) is 1. The highest BCUT2D eigenvalue weighted by atomic mass is 32.1. The number of hydrogen-bond acceptors (Lipinski definition) is 7. The number of ether oxygens (including phenoxy) is 2. The number of anilines is 1. The molecule has 1 amide bonds. The first-order chi connectivity index (χ1) is 17.0. The minimum absolute atomic E-state index is 0.00899. The van der Waals surface area contributed by atoms with Crippen molar-refractivity contribution in [2.24, 2.45) is 5.92 Å². The second-order valence-electron chi connectivity index (χ2n) is 9.36. The number of phenolic OH excluding ortho intramolecular Hbond substituents is 1. The van der Waals surface area contributed by atoms with E-state index in [0.29, 0.717) is 28.6 Å². The van der Waals surface area contributed by atoms with Crippen molar-refractivity contribution in [2.45, 2.75) is 51.7 Å². The summed E-state index contributed by atoms with van der Waals surface area (Å²) >= 11 is 1.42. The molecular formula is C27H26N2O5S. The summed E-state index contributed by atoms with van der Waals surface area (Å²) in [6.07, 6.45) is 3.26. The summed E-state index contributed by atoms with van der Waals surface area (Å²) in [5, 5.41) is 10.8. The van der Waals surface area contributed by atoms with Crippen LogP contribution in [-0.2, 0) is 14.3 Å². The molecule has 0 bridgehead atoms. The van der Waals surface area contributed by atoms with Crippen LogP contribution in [0.5, 0.6) is 11.5 Å². The van der Waals surface area contributed by atoms with Crippen LogP contribution in [-0.4, -0.2) is 34.5 Å². The highest BCUT2D eigenvalue weighted by molar-refractivity contribution is 7.22. The zero-order valence-electron chi connectivity index (χ0n) is 19.6. The quantitative estimate of drug-likeness (QED) is 0.540. The van der Waals surface area contributed by atoms with Crippen molar-refractivity contribution in [1.82, 2.24) is 4.98 Å². The summed E-state index contributed by atoms with van der Waals surface area (Å²) in [5.74, 6) is -0.131. The van der Waals surface area contributed by atoms with Gasteiger partial charge in [0.1, 0.15) is 6.10 Å². The first-order valence-electron chi connectivity index (χ1n) is 12.1. The molecule has 3 aliphatic rings. The molecule has 35 heavy (non-hydrogen) atoms. The van der Waals surface area contributed by atoms with Crippen molar-refractivity contribution < 1.29 is 24.2 Å². The molecule has 0 spiro atoms. The molecule has 1 saturated carbocycles. The van der Waals surface area contributed by atoms with Crippen molar-refractivity contribution in [3.05, 3.63) is 58.9 Å². The van der Waals surface area contributed by atoms with E-state index in [0.717, 1.165) is 41.5 Å². The lowest BCUT2D eigenvalue weighted by Gasteiger charge is -2.35. The van der Waals surface area contributed by atoms with Crippen LogP contribution in [0.25, 0.3) is 10.2 Å². The average Bonchev–Trinajstić information content (AvgIpc) is 3.39. The number of aromatic hydroxyl groups is 1. The zero-order valence-corrected chi connectivity index (χ0v) is 20.4. The van der Waals surface area contributed by atoms with Gasteiger partial charge in [-0.15, -0.1) is 0 Å². The van der Waals surface area contributed by atoms with Gasteiger partial charge in [0.15, 0.2) is 28.2 Å². The monoisotopic (exact) mass is 490 g/mol. The largest absolute Gasteiger partial charge is 0.504 e. The van der Waals surface area contributed by atoms with E-state index in [1.807, 2.05) is 32.0 Å². The Kier molecular flexibility index (Phi) is 5.29. The van der Waals surface area contributed by atoms with E-state index in [9.17, 15) is 14.7 Å². The van der Waals surface area contributed by atoms with Crippen LogP contribution in [0.15, 0.2) is 47.7 Å².